The maximum atomic E-state index is 13.3. The minimum Gasteiger partial charge on any atom is -0.326 e. The van der Waals surface area contributed by atoms with Gasteiger partial charge in [0.1, 0.15) is 5.82 Å². The molecule has 0 aliphatic carbocycles. The van der Waals surface area contributed by atoms with Gasteiger partial charge in [0.15, 0.2) is 0 Å². The first-order chi connectivity index (χ1) is 8.67. The van der Waals surface area contributed by atoms with E-state index in [1.54, 1.807) is 17.8 Å². The summed E-state index contributed by atoms with van der Waals surface area (Å²) in [7, 11) is 0. The second-order valence-electron chi connectivity index (χ2n) is 4.28. The largest absolute Gasteiger partial charge is 0.326 e. The molecule has 2 rings (SSSR count). The molecule has 2 N–H and O–H groups in total. The molecule has 0 heterocycles. The van der Waals surface area contributed by atoms with Crippen molar-refractivity contribution in [3.63, 3.8) is 0 Å². The molecule has 0 spiro atoms. The third-order valence-electron chi connectivity index (χ3n) is 2.65. The fraction of sp³-hybridized carbons (Fsp3) is 0.200. The van der Waals surface area contributed by atoms with Crippen LogP contribution in [0.15, 0.2) is 47.4 Å². The fourth-order valence-corrected chi connectivity index (χ4v) is 2.73. The Hall–Kier alpha value is -1.32. The number of hydrogen-bond donors (Lipinski definition) is 1. The average Bonchev–Trinajstić information content (AvgIpc) is 2.36. The molecule has 0 aromatic heterocycles. The highest BCUT2D eigenvalue weighted by Crippen LogP contribution is 2.24. The molecule has 0 saturated carbocycles. The van der Waals surface area contributed by atoms with E-state index in [-0.39, 0.29) is 5.82 Å². The van der Waals surface area contributed by atoms with Gasteiger partial charge in [0.05, 0.1) is 0 Å². The van der Waals surface area contributed by atoms with E-state index in [1.165, 1.54) is 16.5 Å². The van der Waals surface area contributed by atoms with Crippen LogP contribution in [-0.4, -0.2) is 0 Å². The smallest absolute Gasteiger partial charge is 0.123 e. The van der Waals surface area contributed by atoms with Gasteiger partial charge in [0, 0.05) is 17.2 Å². The highest BCUT2D eigenvalue weighted by Gasteiger charge is 2.01. The fourth-order valence-electron chi connectivity index (χ4n) is 1.79. The lowest BCUT2D eigenvalue weighted by molar-refractivity contribution is 0.624. The maximum Gasteiger partial charge on any atom is 0.123 e. The molecule has 0 aliphatic heterocycles. The molecule has 0 atom stereocenters. The van der Waals surface area contributed by atoms with Crippen LogP contribution < -0.4 is 5.73 Å². The number of benzene rings is 2. The molecule has 0 unspecified atom stereocenters. The van der Waals surface area contributed by atoms with Crippen molar-refractivity contribution >= 4 is 11.8 Å². The molecular formula is C15H16FNS. The average molecular weight is 261 g/mol. The minimum atomic E-state index is -0.210. The highest BCUT2D eigenvalue weighted by atomic mass is 32.2. The molecule has 0 fully saturated rings. The molecule has 2 aromatic rings. The molecule has 2 aromatic carbocycles. The van der Waals surface area contributed by atoms with Crippen LogP contribution in [0.1, 0.15) is 16.7 Å². The first-order valence-electron chi connectivity index (χ1n) is 5.85. The van der Waals surface area contributed by atoms with Gasteiger partial charge < -0.3 is 5.73 Å². The van der Waals surface area contributed by atoms with E-state index in [2.05, 4.69) is 25.1 Å². The number of thioether (sulfide) groups is 1. The van der Waals surface area contributed by atoms with Gasteiger partial charge in [-0.05, 0) is 42.3 Å². The van der Waals surface area contributed by atoms with Crippen molar-refractivity contribution in [3.05, 3.63) is 65.0 Å². The molecule has 94 valence electrons. The van der Waals surface area contributed by atoms with E-state index in [9.17, 15) is 4.39 Å². The van der Waals surface area contributed by atoms with Gasteiger partial charge in [-0.3, -0.25) is 0 Å². The van der Waals surface area contributed by atoms with Crippen LogP contribution in [0.5, 0.6) is 0 Å². The van der Waals surface area contributed by atoms with Crippen LogP contribution in [0.4, 0.5) is 4.39 Å². The molecule has 1 nitrogen and oxygen atoms in total. The monoisotopic (exact) mass is 261 g/mol. The predicted molar refractivity (Wildman–Crippen MR) is 75.0 cm³/mol. The number of nitrogens with two attached hydrogens (primary N) is 1. The summed E-state index contributed by atoms with van der Waals surface area (Å²) in [5, 5.41) is 0. The predicted octanol–water partition coefficient (Wildman–Crippen LogP) is 3.89. The van der Waals surface area contributed by atoms with Gasteiger partial charge in [-0.25, -0.2) is 4.39 Å². The molecule has 0 saturated heterocycles. The Bertz CT molecular complexity index is 540. The lowest BCUT2D eigenvalue weighted by Gasteiger charge is -2.05. The Labute approximate surface area is 111 Å². The van der Waals surface area contributed by atoms with Crippen molar-refractivity contribution in [2.45, 2.75) is 24.1 Å². The molecule has 3 heteroatoms. The molecule has 18 heavy (non-hydrogen) atoms. The second kappa shape index (κ2) is 6.03. The summed E-state index contributed by atoms with van der Waals surface area (Å²) < 4.78 is 13.3. The Morgan fingerprint density at radius 2 is 1.89 bits per heavy atom. The van der Waals surface area contributed by atoms with Crippen molar-refractivity contribution in [2.75, 3.05) is 0 Å². The summed E-state index contributed by atoms with van der Waals surface area (Å²) >= 11 is 1.71. The summed E-state index contributed by atoms with van der Waals surface area (Å²) in [5.41, 5.74) is 8.60. The lowest BCUT2D eigenvalue weighted by atomic mass is 10.1. The molecular weight excluding hydrogens is 245 g/mol. The van der Waals surface area contributed by atoms with Crippen LogP contribution >= 0.6 is 11.8 Å². The van der Waals surface area contributed by atoms with Crippen LogP contribution in [-0.2, 0) is 12.3 Å². The van der Waals surface area contributed by atoms with Gasteiger partial charge in [-0.2, -0.15) is 0 Å². The van der Waals surface area contributed by atoms with Crippen LogP contribution in [0.3, 0.4) is 0 Å². The summed E-state index contributed by atoms with van der Waals surface area (Å²) in [6, 6.07) is 13.3. The van der Waals surface area contributed by atoms with E-state index in [0.29, 0.717) is 6.54 Å². The summed E-state index contributed by atoms with van der Waals surface area (Å²) in [6.45, 7) is 2.44. The summed E-state index contributed by atoms with van der Waals surface area (Å²) in [6.07, 6.45) is 0. The summed E-state index contributed by atoms with van der Waals surface area (Å²) in [5.74, 6) is 0.548. The van der Waals surface area contributed by atoms with Crippen molar-refractivity contribution in [1.29, 1.82) is 0 Å². The SMILES string of the molecule is Cc1cccc(SCc2cc(F)cc(CN)c2)c1. The van der Waals surface area contributed by atoms with Crippen molar-refractivity contribution in [2.24, 2.45) is 5.73 Å². The van der Waals surface area contributed by atoms with Crippen LogP contribution in [0, 0.1) is 12.7 Å². The van der Waals surface area contributed by atoms with Crippen molar-refractivity contribution in [3.8, 4) is 0 Å². The minimum absolute atomic E-state index is 0.210. The third-order valence-corrected chi connectivity index (χ3v) is 3.71. The van der Waals surface area contributed by atoms with E-state index < -0.39 is 0 Å². The Balaban J connectivity index is 2.08. The molecule has 0 bridgehead atoms. The van der Waals surface area contributed by atoms with Crippen LogP contribution in [0.25, 0.3) is 0 Å². The first kappa shape index (κ1) is 13.1. The topological polar surface area (TPSA) is 26.0 Å². The van der Waals surface area contributed by atoms with E-state index in [0.717, 1.165) is 16.9 Å². The van der Waals surface area contributed by atoms with Gasteiger partial charge >= 0.3 is 0 Å². The van der Waals surface area contributed by atoms with E-state index >= 15 is 0 Å². The normalized spacial score (nSPS) is 10.6. The number of halogens is 1. The summed E-state index contributed by atoms with van der Waals surface area (Å²) in [4.78, 5) is 1.20. The third kappa shape index (κ3) is 3.59. The zero-order valence-corrected chi connectivity index (χ0v) is 11.1. The van der Waals surface area contributed by atoms with Gasteiger partial charge in [-0.15, -0.1) is 11.8 Å². The van der Waals surface area contributed by atoms with Crippen LogP contribution in [0.2, 0.25) is 0 Å². The van der Waals surface area contributed by atoms with Crippen molar-refractivity contribution in [1.82, 2.24) is 0 Å². The Kier molecular flexibility index (Phi) is 4.39. The second-order valence-corrected chi connectivity index (χ2v) is 5.33. The molecule has 0 aliphatic rings. The molecule has 0 amide bonds. The number of rotatable bonds is 4. The maximum absolute atomic E-state index is 13.3. The van der Waals surface area contributed by atoms with Gasteiger partial charge in [0.25, 0.3) is 0 Å². The zero-order chi connectivity index (χ0) is 13.0. The Morgan fingerprint density at radius 1 is 1.11 bits per heavy atom. The standard InChI is InChI=1S/C15H16FNS/c1-11-3-2-4-15(5-11)18-10-13-6-12(9-17)7-14(16)8-13/h2-8H,9-10,17H2,1H3. The van der Waals surface area contributed by atoms with E-state index in [4.69, 9.17) is 5.73 Å². The van der Waals surface area contributed by atoms with Gasteiger partial charge in [-0.1, -0.05) is 23.8 Å². The first-order valence-corrected chi connectivity index (χ1v) is 6.84. The number of aryl methyl sites for hydroxylation is 1. The van der Waals surface area contributed by atoms with Gasteiger partial charge in [0.2, 0.25) is 0 Å². The lowest BCUT2D eigenvalue weighted by Crippen LogP contribution is -1.98. The zero-order valence-electron chi connectivity index (χ0n) is 10.3. The number of hydrogen-bond acceptors (Lipinski definition) is 2. The molecule has 0 radical (unpaired) electrons. The van der Waals surface area contributed by atoms with Crippen molar-refractivity contribution < 1.29 is 4.39 Å². The Morgan fingerprint density at radius 3 is 2.61 bits per heavy atom. The van der Waals surface area contributed by atoms with E-state index in [1.807, 2.05) is 12.1 Å². The highest BCUT2D eigenvalue weighted by molar-refractivity contribution is 7.98. The quantitative estimate of drug-likeness (QED) is 0.845.